The summed E-state index contributed by atoms with van der Waals surface area (Å²) in [6.45, 7) is 5.21. The highest BCUT2D eigenvalue weighted by molar-refractivity contribution is 5.87. The monoisotopic (exact) mass is 372 g/mol. The first-order chi connectivity index (χ1) is 12.7. The summed E-state index contributed by atoms with van der Waals surface area (Å²) in [7, 11) is 2.99. The van der Waals surface area contributed by atoms with Crippen LogP contribution in [0.1, 0.15) is 20.8 Å². The lowest BCUT2D eigenvalue weighted by atomic mass is 10.2. The molecule has 0 N–H and O–H groups in total. The maximum atomic E-state index is 14.6. The highest BCUT2D eigenvalue weighted by Crippen LogP contribution is 2.31. The highest BCUT2D eigenvalue weighted by Gasteiger charge is 2.24. The number of fused-ring (bicyclic) bond motifs is 1. The van der Waals surface area contributed by atoms with Crippen LogP contribution in [0.25, 0.3) is 22.3 Å². The van der Waals surface area contributed by atoms with Crippen molar-refractivity contribution in [3.05, 3.63) is 42.3 Å². The van der Waals surface area contributed by atoms with Crippen LogP contribution in [-0.2, 0) is 4.74 Å². The molecule has 0 aliphatic heterocycles. The summed E-state index contributed by atoms with van der Waals surface area (Å²) in [6, 6.07) is 8.46. The topological polar surface area (TPSA) is 64.8 Å². The van der Waals surface area contributed by atoms with Gasteiger partial charge in [-0.25, -0.2) is 14.2 Å². The third-order valence-corrected chi connectivity index (χ3v) is 3.81. The van der Waals surface area contributed by atoms with Gasteiger partial charge in [-0.2, -0.15) is 0 Å². The number of hydrogen-bond donors (Lipinski definition) is 0. The van der Waals surface area contributed by atoms with Crippen molar-refractivity contribution in [1.29, 1.82) is 0 Å². The fourth-order valence-corrected chi connectivity index (χ4v) is 2.52. The normalized spacial score (nSPS) is 11.5. The van der Waals surface area contributed by atoms with E-state index in [0.29, 0.717) is 22.7 Å². The molecule has 7 heteroatoms. The number of carbonyl (C=O) groups excluding carboxylic acids is 1. The van der Waals surface area contributed by atoms with Crippen molar-refractivity contribution in [2.24, 2.45) is 0 Å². The summed E-state index contributed by atoms with van der Waals surface area (Å²) in [5.74, 6) is 0.397. The minimum atomic E-state index is -0.683. The van der Waals surface area contributed by atoms with Gasteiger partial charge in [0.15, 0.2) is 11.6 Å². The van der Waals surface area contributed by atoms with E-state index < -0.39 is 17.5 Å². The van der Waals surface area contributed by atoms with Crippen LogP contribution in [0.2, 0.25) is 0 Å². The van der Waals surface area contributed by atoms with Gasteiger partial charge in [-0.05, 0) is 51.1 Å². The number of nitrogens with zero attached hydrogens (tertiary/aromatic N) is 2. The Morgan fingerprint density at radius 2 is 1.96 bits per heavy atom. The molecule has 2 heterocycles. The average Bonchev–Trinajstić information content (AvgIpc) is 3.02. The van der Waals surface area contributed by atoms with E-state index in [1.54, 1.807) is 46.1 Å². The number of pyridine rings is 1. The van der Waals surface area contributed by atoms with E-state index in [1.807, 2.05) is 6.07 Å². The summed E-state index contributed by atoms with van der Waals surface area (Å²) >= 11 is 0. The molecule has 142 valence electrons. The third kappa shape index (κ3) is 4.02. The van der Waals surface area contributed by atoms with E-state index in [-0.39, 0.29) is 5.82 Å². The summed E-state index contributed by atoms with van der Waals surface area (Å²) in [6.07, 6.45) is 0.770. The van der Waals surface area contributed by atoms with Gasteiger partial charge in [-0.15, -0.1) is 0 Å². The van der Waals surface area contributed by atoms with Crippen molar-refractivity contribution in [3.8, 4) is 17.1 Å². The number of benzene rings is 1. The number of ether oxygens (including phenoxy) is 2. The van der Waals surface area contributed by atoms with E-state index in [4.69, 9.17) is 13.9 Å². The van der Waals surface area contributed by atoms with Crippen LogP contribution in [0, 0.1) is 5.82 Å². The van der Waals surface area contributed by atoms with Crippen molar-refractivity contribution in [2.45, 2.75) is 26.4 Å². The van der Waals surface area contributed by atoms with Gasteiger partial charge >= 0.3 is 6.09 Å². The smallest absolute Gasteiger partial charge is 0.415 e. The van der Waals surface area contributed by atoms with Crippen molar-refractivity contribution in [2.75, 3.05) is 19.1 Å². The Labute approximate surface area is 156 Å². The Morgan fingerprint density at radius 1 is 1.22 bits per heavy atom. The third-order valence-electron chi connectivity index (χ3n) is 3.81. The molecule has 0 unspecified atom stereocenters. The van der Waals surface area contributed by atoms with Gasteiger partial charge in [-0.1, -0.05) is 0 Å². The van der Waals surface area contributed by atoms with Crippen LogP contribution in [0.4, 0.5) is 15.0 Å². The molecule has 1 aromatic carbocycles. The van der Waals surface area contributed by atoms with Crippen LogP contribution in [0.15, 0.2) is 40.9 Å². The second-order valence-electron chi connectivity index (χ2n) is 7.08. The Balaban J connectivity index is 1.89. The second-order valence-corrected chi connectivity index (χ2v) is 7.08. The van der Waals surface area contributed by atoms with Crippen molar-refractivity contribution in [1.82, 2.24) is 4.98 Å². The van der Waals surface area contributed by atoms with Gasteiger partial charge in [0.05, 0.1) is 7.11 Å². The zero-order valence-corrected chi connectivity index (χ0v) is 15.9. The number of hydrogen-bond acceptors (Lipinski definition) is 5. The molecule has 0 aliphatic carbocycles. The van der Waals surface area contributed by atoms with Gasteiger partial charge < -0.3 is 13.9 Å². The van der Waals surface area contributed by atoms with Crippen LogP contribution < -0.4 is 9.64 Å². The van der Waals surface area contributed by atoms with Crippen molar-refractivity contribution >= 4 is 22.9 Å². The van der Waals surface area contributed by atoms with Gasteiger partial charge in [0.25, 0.3) is 0 Å². The Bertz CT molecular complexity index is 991. The summed E-state index contributed by atoms with van der Waals surface area (Å²) in [5.41, 5.74) is 0.432. The first-order valence-corrected chi connectivity index (χ1v) is 8.38. The summed E-state index contributed by atoms with van der Waals surface area (Å²) in [4.78, 5) is 17.2. The number of amides is 1. The molecule has 0 aliphatic rings. The van der Waals surface area contributed by atoms with E-state index in [9.17, 15) is 9.18 Å². The van der Waals surface area contributed by atoms with Gasteiger partial charge in [-0.3, -0.25) is 4.90 Å². The second kappa shape index (κ2) is 6.90. The molecule has 1 amide bonds. The molecule has 27 heavy (non-hydrogen) atoms. The van der Waals surface area contributed by atoms with Crippen LogP contribution in [-0.4, -0.2) is 30.8 Å². The number of aromatic nitrogens is 1. The molecule has 0 fully saturated rings. The minimum absolute atomic E-state index is 0.120. The Hall–Kier alpha value is -3.09. The number of anilines is 1. The molecule has 3 rings (SSSR count). The zero-order valence-electron chi connectivity index (χ0n) is 15.9. The van der Waals surface area contributed by atoms with E-state index in [1.165, 1.54) is 19.3 Å². The molecule has 0 atom stereocenters. The van der Waals surface area contributed by atoms with Crippen molar-refractivity contribution in [3.63, 3.8) is 0 Å². The predicted molar refractivity (Wildman–Crippen MR) is 101 cm³/mol. The number of rotatable bonds is 3. The zero-order chi connectivity index (χ0) is 19.8. The fourth-order valence-electron chi connectivity index (χ4n) is 2.52. The molecular weight excluding hydrogens is 351 g/mol. The predicted octanol–water partition coefficient (Wildman–Crippen LogP) is 5.01. The lowest BCUT2D eigenvalue weighted by molar-refractivity contribution is 0.0587. The first-order valence-electron chi connectivity index (χ1n) is 8.38. The standard InChI is InChI=1S/C20H21FN2O4/c1-20(2,3)27-19(24)23(4)18-15(21)9-13(11-22-18)17-10-12-8-14(25-5)6-7-16(12)26-17/h6-11H,1-5H3. The van der Waals surface area contributed by atoms with Crippen LogP contribution in [0.3, 0.4) is 0 Å². The van der Waals surface area contributed by atoms with E-state index in [2.05, 4.69) is 4.98 Å². The maximum Gasteiger partial charge on any atom is 0.415 e. The molecule has 0 saturated heterocycles. The van der Waals surface area contributed by atoms with Gasteiger partial charge in [0, 0.05) is 24.2 Å². The molecule has 0 saturated carbocycles. The molecule has 0 bridgehead atoms. The highest BCUT2D eigenvalue weighted by atomic mass is 19.1. The van der Waals surface area contributed by atoms with Gasteiger partial charge in [0.2, 0.25) is 0 Å². The summed E-state index contributed by atoms with van der Waals surface area (Å²) < 4.78 is 30.8. The molecule has 0 radical (unpaired) electrons. The van der Waals surface area contributed by atoms with Gasteiger partial charge in [0.1, 0.15) is 22.7 Å². The largest absolute Gasteiger partial charge is 0.497 e. The van der Waals surface area contributed by atoms with Crippen molar-refractivity contribution < 1.29 is 23.1 Å². The number of furan rings is 1. The lowest BCUT2D eigenvalue weighted by Crippen LogP contribution is -2.35. The SMILES string of the molecule is COc1ccc2oc(-c3cnc(N(C)C(=O)OC(C)(C)C)c(F)c3)cc2c1. The van der Waals surface area contributed by atoms with Crippen LogP contribution in [0.5, 0.6) is 5.75 Å². The quantitative estimate of drug-likeness (QED) is 0.646. The average molecular weight is 372 g/mol. The maximum absolute atomic E-state index is 14.6. The molecule has 6 nitrogen and oxygen atoms in total. The van der Waals surface area contributed by atoms with Crippen LogP contribution >= 0.6 is 0 Å². The summed E-state index contributed by atoms with van der Waals surface area (Å²) in [5, 5.41) is 0.833. The minimum Gasteiger partial charge on any atom is -0.497 e. The molecular formula is C20H21FN2O4. The first kappa shape index (κ1) is 18.7. The number of methoxy groups -OCH3 is 1. The Kier molecular flexibility index (Phi) is 4.78. The van der Waals surface area contributed by atoms with E-state index >= 15 is 0 Å². The number of halogens is 1. The Morgan fingerprint density at radius 3 is 2.59 bits per heavy atom. The molecule has 2 aromatic heterocycles. The molecule has 0 spiro atoms. The fraction of sp³-hybridized carbons (Fsp3) is 0.300. The lowest BCUT2D eigenvalue weighted by Gasteiger charge is -2.24. The number of carbonyl (C=O) groups is 1. The van der Waals surface area contributed by atoms with E-state index in [0.717, 1.165) is 10.3 Å². The molecule has 3 aromatic rings.